The van der Waals surface area contributed by atoms with Gasteiger partial charge in [0.25, 0.3) is 0 Å². The fourth-order valence-corrected chi connectivity index (χ4v) is 2.92. The van der Waals surface area contributed by atoms with Gasteiger partial charge in [0, 0.05) is 6.61 Å². The highest BCUT2D eigenvalue weighted by Crippen LogP contribution is 2.45. The molecule has 0 atom stereocenters. The number of hydrogen-bond donors (Lipinski definition) is 1. The first-order valence-electron chi connectivity index (χ1n) is 6.61. The predicted octanol–water partition coefficient (Wildman–Crippen LogP) is 3.57. The van der Waals surface area contributed by atoms with Crippen molar-refractivity contribution in [1.29, 1.82) is 0 Å². The first-order valence-corrected chi connectivity index (χ1v) is 6.61. The van der Waals surface area contributed by atoms with Gasteiger partial charge in [-0.3, -0.25) is 0 Å². The van der Waals surface area contributed by atoms with Gasteiger partial charge in [0.05, 0.1) is 0 Å². The van der Waals surface area contributed by atoms with Crippen LogP contribution in [0.15, 0.2) is 18.2 Å². The number of rotatable bonds is 2. The van der Waals surface area contributed by atoms with E-state index in [1.807, 2.05) is 0 Å². The molecule has 1 nitrogen and oxygen atoms in total. The summed E-state index contributed by atoms with van der Waals surface area (Å²) in [5.41, 5.74) is 4.81. The monoisotopic (exact) mass is 232 g/mol. The maximum absolute atomic E-state index is 9.06. The smallest absolute Gasteiger partial charge is 0.0471 e. The summed E-state index contributed by atoms with van der Waals surface area (Å²) in [7, 11) is 0. The molecule has 1 aliphatic rings. The predicted molar refractivity (Wildman–Crippen MR) is 72.5 cm³/mol. The molecule has 0 saturated heterocycles. The van der Waals surface area contributed by atoms with Crippen molar-refractivity contribution in [1.82, 2.24) is 0 Å². The van der Waals surface area contributed by atoms with E-state index in [9.17, 15) is 0 Å². The Hall–Kier alpha value is -0.820. The summed E-state index contributed by atoms with van der Waals surface area (Å²) >= 11 is 0. The Morgan fingerprint density at radius 1 is 1.00 bits per heavy atom. The lowest BCUT2D eigenvalue weighted by atomic mass is 9.63. The number of benzene rings is 1. The molecule has 0 unspecified atom stereocenters. The van der Waals surface area contributed by atoms with Gasteiger partial charge in [-0.1, -0.05) is 45.9 Å². The average Bonchev–Trinajstić information content (AvgIpc) is 2.26. The van der Waals surface area contributed by atoms with E-state index in [0.717, 1.165) is 6.42 Å². The molecule has 1 aliphatic carbocycles. The quantitative estimate of drug-likeness (QED) is 0.826. The molecular weight excluding hydrogens is 208 g/mol. The van der Waals surface area contributed by atoms with Crippen LogP contribution in [0.1, 0.15) is 57.2 Å². The summed E-state index contributed by atoms with van der Waals surface area (Å²) in [5.74, 6) is 0. The lowest BCUT2D eigenvalue weighted by Crippen LogP contribution is -2.33. The molecule has 1 N–H and O–H groups in total. The van der Waals surface area contributed by atoms with E-state index in [-0.39, 0.29) is 12.0 Å². The second-order valence-corrected chi connectivity index (χ2v) is 6.62. The van der Waals surface area contributed by atoms with E-state index in [1.54, 1.807) is 0 Å². The van der Waals surface area contributed by atoms with Gasteiger partial charge >= 0.3 is 0 Å². The molecule has 94 valence electrons. The standard InChI is InChI=1S/C16H24O/c1-15(2)8-9-16(3,4)14-11-12(7-10-17)5-6-13(14)15/h5-6,11,17H,7-10H2,1-4H3. The number of hydrogen-bond acceptors (Lipinski definition) is 1. The van der Waals surface area contributed by atoms with Crippen LogP contribution in [0, 0.1) is 0 Å². The van der Waals surface area contributed by atoms with Gasteiger partial charge in [0.1, 0.15) is 0 Å². The van der Waals surface area contributed by atoms with Gasteiger partial charge in [0.2, 0.25) is 0 Å². The third-order valence-electron chi connectivity index (χ3n) is 4.32. The van der Waals surface area contributed by atoms with E-state index in [1.165, 1.54) is 29.5 Å². The largest absolute Gasteiger partial charge is 0.396 e. The highest BCUT2D eigenvalue weighted by Gasteiger charge is 2.36. The number of aliphatic hydroxyl groups excluding tert-OH is 1. The highest BCUT2D eigenvalue weighted by atomic mass is 16.2. The normalized spacial score (nSPS) is 21.0. The summed E-state index contributed by atoms with van der Waals surface area (Å²) in [5, 5.41) is 9.06. The topological polar surface area (TPSA) is 20.2 Å². The fourth-order valence-electron chi connectivity index (χ4n) is 2.92. The summed E-state index contributed by atoms with van der Waals surface area (Å²) < 4.78 is 0. The molecule has 0 bridgehead atoms. The zero-order valence-electron chi connectivity index (χ0n) is 11.5. The van der Waals surface area contributed by atoms with Gasteiger partial charge in [-0.05, 0) is 46.8 Å². The Morgan fingerprint density at radius 3 is 2.18 bits per heavy atom. The van der Waals surface area contributed by atoms with Crippen LogP contribution in [-0.2, 0) is 17.3 Å². The molecular formula is C16H24O. The Labute approximate surface area is 105 Å². The van der Waals surface area contributed by atoms with E-state index >= 15 is 0 Å². The minimum absolute atomic E-state index is 0.239. The Balaban J connectivity index is 2.52. The van der Waals surface area contributed by atoms with Crippen LogP contribution < -0.4 is 0 Å². The van der Waals surface area contributed by atoms with Gasteiger partial charge in [-0.25, -0.2) is 0 Å². The lowest BCUT2D eigenvalue weighted by molar-refractivity contribution is 0.299. The number of fused-ring (bicyclic) bond motifs is 1. The molecule has 0 spiro atoms. The molecule has 0 aliphatic heterocycles. The first-order chi connectivity index (χ1) is 7.87. The van der Waals surface area contributed by atoms with E-state index in [0.29, 0.717) is 5.41 Å². The minimum Gasteiger partial charge on any atom is -0.396 e. The van der Waals surface area contributed by atoms with Gasteiger partial charge in [0.15, 0.2) is 0 Å². The molecule has 0 saturated carbocycles. The van der Waals surface area contributed by atoms with Crippen molar-refractivity contribution in [2.24, 2.45) is 0 Å². The molecule has 0 radical (unpaired) electrons. The van der Waals surface area contributed by atoms with E-state index < -0.39 is 0 Å². The minimum atomic E-state index is 0.239. The third-order valence-corrected chi connectivity index (χ3v) is 4.32. The molecule has 2 rings (SSSR count). The average molecular weight is 232 g/mol. The second kappa shape index (κ2) is 4.13. The number of aliphatic hydroxyl groups is 1. The highest BCUT2D eigenvalue weighted by molar-refractivity contribution is 5.43. The van der Waals surface area contributed by atoms with Crippen LogP contribution in [0.4, 0.5) is 0 Å². The summed E-state index contributed by atoms with van der Waals surface area (Å²) in [4.78, 5) is 0. The van der Waals surface area contributed by atoms with Crippen LogP contribution in [0.3, 0.4) is 0 Å². The molecule has 1 aromatic carbocycles. The summed E-state index contributed by atoms with van der Waals surface area (Å²) in [6.45, 7) is 9.59. The van der Waals surface area contributed by atoms with Crippen molar-refractivity contribution in [3.05, 3.63) is 34.9 Å². The SMILES string of the molecule is CC1(C)CCC(C)(C)c2cc(CCO)ccc21. The van der Waals surface area contributed by atoms with Crippen molar-refractivity contribution in [2.45, 2.75) is 57.8 Å². The Morgan fingerprint density at radius 2 is 1.59 bits per heavy atom. The lowest BCUT2D eigenvalue weighted by Gasteiger charge is -2.42. The van der Waals surface area contributed by atoms with Crippen LogP contribution >= 0.6 is 0 Å². The molecule has 17 heavy (non-hydrogen) atoms. The van der Waals surface area contributed by atoms with Crippen LogP contribution in [-0.4, -0.2) is 11.7 Å². The zero-order chi connectivity index (χ0) is 12.7. The molecule has 0 heterocycles. The van der Waals surface area contributed by atoms with E-state index in [4.69, 9.17) is 5.11 Å². The van der Waals surface area contributed by atoms with E-state index in [2.05, 4.69) is 45.9 Å². The van der Waals surface area contributed by atoms with Crippen molar-refractivity contribution >= 4 is 0 Å². The third kappa shape index (κ3) is 2.26. The first kappa shape index (κ1) is 12.6. The molecule has 1 aromatic rings. The van der Waals surface area contributed by atoms with Crippen molar-refractivity contribution in [3.8, 4) is 0 Å². The maximum atomic E-state index is 9.06. The van der Waals surface area contributed by atoms with Gasteiger partial charge < -0.3 is 5.11 Å². The van der Waals surface area contributed by atoms with Crippen molar-refractivity contribution in [3.63, 3.8) is 0 Å². The van der Waals surface area contributed by atoms with Crippen molar-refractivity contribution in [2.75, 3.05) is 6.61 Å². The fraction of sp³-hybridized carbons (Fsp3) is 0.625. The van der Waals surface area contributed by atoms with Crippen LogP contribution in [0.2, 0.25) is 0 Å². The van der Waals surface area contributed by atoms with Crippen LogP contribution in [0.5, 0.6) is 0 Å². The summed E-state index contributed by atoms with van der Waals surface area (Å²) in [6, 6.07) is 6.77. The maximum Gasteiger partial charge on any atom is 0.0471 e. The Kier molecular flexibility index (Phi) is 3.07. The van der Waals surface area contributed by atoms with Crippen LogP contribution in [0.25, 0.3) is 0 Å². The molecule has 0 fully saturated rings. The molecule has 0 amide bonds. The van der Waals surface area contributed by atoms with Crippen molar-refractivity contribution < 1.29 is 5.11 Å². The van der Waals surface area contributed by atoms with Gasteiger partial charge in [-0.2, -0.15) is 0 Å². The van der Waals surface area contributed by atoms with Gasteiger partial charge in [-0.15, -0.1) is 0 Å². The zero-order valence-corrected chi connectivity index (χ0v) is 11.5. The molecule has 1 heteroatoms. The molecule has 0 aromatic heterocycles. The summed E-state index contributed by atoms with van der Waals surface area (Å²) in [6.07, 6.45) is 3.27. The second-order valence-electron chi connectivity index (χ2n) is 6.62. The Bertz CT molecular complexity index is 416.